The predicted octanol–water partition coefficient (Wildman–Crippen LogP) is 4.16. The highest BCUT2D eigenvalue weighted by Crippen LogP contribution is 2.26. The fourth-order valence-electron chi connectivity index (χ4n) is 2.53. The Bertz CT molecular complexity index is 908. The Morgan fingerprint density at radius 3 is 2.77 bits per heavy atom. The summed E-state index contributed by atoms with van der Waals surface area (Å²) < 4.78 is 1.85. The van der Waals surface area contributed by atoms with Crippen molar-refractivity contribution in [2.45, 2.75) is 0 Å². The predicted molar refractivity (Wildman–Crippen MR) is 88.6 cm³/mol. The molecule has 4 rings (SSSR count). The summed E-state index contributed by atoms with van der Waals surface area (Å²) in [7, 11) is 0. The molecule has 0 fully saturated rings. The van der Waals surface area contributed by atoms with Gasteiger partial charge in [-0.25, -0.2) is 4.68 Å². The maximum absolute atomic E-state index is 4.27. The van der Waals surface area contributed by atoms with Gasteiger partial charge in [0.2, 0.25) is 0 Å². The number of pyridine rings is 1. The van der Waals surface area contributed by atoms with Crippen LogP contribution in [0.3, 0.4) is 0 Å². The second kappa shape index (κ2) is 5.33. The maximum Gasteiger partial charge on any atom is 0.0666 e. The first kappa shape index (κ1) is 12.6. The molecule has 0 saturated carbocycles. The number of anilines is 2. The smallest absolute Gasteiger partial charge is 0.0666 e. The van der Waals surface area contributed by atoms with Gasteiger partial charge in [-0.2, -0.15) is 5.10 Å². The van der Waals surface area contributed by atoms with Crippen molar-refractivity contribution in [2.75, 3.05) is 5.32 Å². The van der Waals surface area contributed by atoms with E-state index in [1.165, 1.54) is 0 Å². The Morgan fingerprint density at radius 2 is 1.86 bits per heavy atom. The zero-order valence-electron chi connectivity index (χ0n) is 11.8. The average Bonchev–Trinajstić information content (AvgIpc) is 3.10. The van der Waals surface area contributed by atoms with Gasteiger partial charge in [0.15, 0.2) is 0 Å². The van der Waals surface area contributed by atoms with Gasteiger partial charge >= 0.3 is 0 Å². The van der Waals surface area contributed by atoms with Crippen LogP contribution in [0.1, 0.15) is 0 Å². The Labute approximate surface area is 128 Å². The first-order valence-electron chi connectivity index (χ1n) is 7.10. The molecular formula is C18H14N4. The molecule has 2 aromatic carbocycles. The zero-order chi connectivity index (χ0) is 14.8. The quantitative estimate of drug-likeness (QED) is 0.615. The van der Waals surface area contributed by atoms with E-state index in [0.717, 1.165) is 27.8 Å². The summed E-state index contributed by atoms with van der Waals surface area (Å²) in [4.78, 5) is 4.17. The number of hydrogen-bond acceptors (Lipinski definition) is 3. The second-order valence-corrected chi connectivity index (χ2v) is 5.03. The topological polar surface area (TPSA) is 42.7 Å². The minimum Gasteiger partial charge on any atom is -0.355 e. The molecule has 106 valence electrons. The summed E-state index contributed by atoms with van der Waals surface area (Å²) in [6, 6.07) is 18.3. The van der Waals surface area contributed by atoms with Crippen LogP contribution in [-0.4, -0.2) is 14.8 Å². The van der Waals surface area contributed by atoms with Crippen molar-refractivity contribution < 1.29 is 0 Å². The maximum atomic E-state index is 4.27. The molecule has 4 heteroatoms. The Morgan fingerprint density at radius 1 is 0.909 bits per heavy atom. The van der Waals surface area contributed by atoms with Crippen molar-refractivity contribution >= 4 is 22.1 Å². The summed E-state index contributed by atoms with van der Waals surface area (Å²) >= 11 is 0. The summed E-state index contributed by atoms with van der Waals surface area (Å²) in [6.07, 6.45) is 7.40. The number of aromatic nitrogens is 3. The number of rotatable bonds is 3. The first-order valence-corrected chi connectivity index (χ1v) is 7.10. The molecule has 0 aliphatic rings. The summed E-state index contributed by atoms with van der Waals surface area (Å²) in [5, 5.41) is 10.0. The van der Waals surface area contributed by atoms with Gasteiger partial charge in [0.05, 0.1) is 5.69 Å². The van der Waals surface area contributed by atoms with Crippen LogP contribution in [0.2, 0.25) is 0 Å². The van der Waals surface area contributed by atoms with Gasteiger partial charge in [0.25, 0.3) is 0 Å². The monoisotopic (exact) mass is 286 g/mol. The van der Waals surface area contributed by atoms with E-state index < -0.39 is 0 Å². The fraction of sp³-hybridized carbons (Fsp3) is 0. The van der Waals surface area contributed by atoms with Gasteiger partial charge in [-0.1, -0.05) is 18.2 Å². The van der Waals surface area contributed by atoms with Gasteiger partial charge < -0.3 is 5.32 Å². The Kier molecular flexibility index (Phi) is 3.05. The van der Waals surface area contributed by atoms with E-state index >= 15 is 0 Å². The molecule has 0 unspecified atom stereocenters. The normalized spacial score (nSPS) is 10.7. The number of fused-ring (bicyclic) bond motifs is 1. The minimum absolute atomic E-state index is 1.02. The second-order valence-electron chi connectivity index (χ2n) is 5.03. The fourth-order valence-corrected chi connectivity index (χ4v) is 2.53. The molecule has 1 N–H and O–H groups in total. The highest BCUT2D eigenvalue weighted by Gasteiger charge is 2.03. The number of nitrogens with zero attached hydrogens (tertiary/aromatic N) is 3. The summed E-state index contributed by atoms with van der Waals surface area (Å²) in [6.45, 7) is 0. The van der Waals surface area contributed by atoms with E-state index in [1.54, 1.807) is 6.20 Å². The van der Waals surface area contributed by atoms with Crippen LogP contribution in [0.5, 0.6) is 0 Å². The van der Waals surface area contributed by atoms with Crippen LogP contribution in [0.15, 0.2) is 79.4 Å². The van der Waals surface area contributed by atoms with E-state index in [4.69, 9.17) is 0 Å². The molecule has 0 radical (unpaired) electrons. The lowest BCUT2D eigenvalue weighted by molar-refractivity contribution is 0.881. The molecule has 0 amide bonds. The summed E-state index contributed by atoms with van der Waals surface area (Å²) in [5.41, 5.74) is 3.12. The van der Waals surface area contributed by atoms with Crippen LogP contribution in [-0.2, 0) is 0 Å². The van der Waals surface area contributed by atoms with E-state index in [0.29, 0.717) is 0 Å². The first-order chi connectivity index (χ1) is 10.9. The molecule has 0 bridgehead atoms. The molecule has 0 spiro atoms. The lowest BCUT2D eigenvalue weighted by Crippen LogP contribution is -1.96. The molecule has 4 aromatic rings. The van der Waals surface area contributed by atoms with Crippen molar-refractivity contribution in [3.05, 3.63) is 79.4 Å². The molecule has 4 nitrogen and oxygen atoms in total. The third kappa shape index (κ3) is 2.31. The standard InChI is InChI=1S/C18H14N4/c1-4-14-13-19-10-8-17(14)18(7-1)21-15-5-2-6-16(12-15)22-11-3-9-20-22/h1-13,21H. The number of hydrogen-bond donors (Lipinski definition) is 1. The Hall–Kier alpha value is -3.14. The molecule has 22 heavy (non-hydrogen) atoms. The third-order valence-corrected chi connectivity index (χ3v) is 3.57. The van der Waals surface area contributed by atoms with Gasteiger partial charge in [-0.05, 0) is 36.4 Å². The van der Waals surface area contributed by atoms with E-state index in [2.05, 4.69) is 33.6 Å². The molecule has 0 atom stereocenters. The van der Waals surface area contributed by atoms with E-state index in [1.807, 2.05) is 59.7 Å². The van der Waals surface area contributed by atoms with Gasteiger partial charge in [-0.15, -0.1) is 0 Å². The molecule has 0 aliphatic carbocycles. The average molecular weight is 286 g/mol. The lowest BCUT2D eigenvalue weighted by atomic mass is 10.1. The van der Waals surface area contributed by atoms with Gasteiger partial charge in [-0.3, -0.25) is 4.98 Å². The van der Waals surface area contributed by atoms with Crippen molar-refractivity contribution in [1.82, 2.24) is 14.8 Å². The molecular weight excluding hydrogens is 272 g/mol. The zero-order valence-corrected chi connectivity index (χ0v) is 11.8. The lowest BCUT2D eigenvalue weighted by Gasteiger charge is -2.11. The largest absolute Gasteiger partial charge is 0.355 e. The highest BCUT2D eigenvalue weighted by molar-refractivity contribution is 5.94. The number of benzene rings is 2. The Balaban J connectivity index is 1.73. The number of nitrogens with one attached hydrogen (secondary N) is 1. The van der Waals surface area contributed by atoms with Crippen molar-refractivity contribution in [1.29, 1.82) is 0 Å². The van der Waals surface area contributed by atoms with Crippen LogP contribution in [0.4, 0.5) is 11.4 Å². The highest BCUT2D eigenvalue weighted by atomic mass is 15.3. The third-order valence-electron chi connectivity index (χ3n) is 3.57. The van der Waals surface area contributed by atoms with Crippen molar-refractivity contribution in [3.63, 3.8) is 0 Å². The molecule has 2 heterocycles. The van der Waals surface area contributed by atoms with Gasteiger partial charge in [0.1, 0.15) is 0 Å². The van der Waals surface area contributed by atoms with Crippen molar-refractivity contribution in [3.8, 4) is 5.69 Å². The molecule has 2 aromatic heterocycles. The van der Waals surface area contributed by atoms with Gasteiger partial charge in [0, 0.05) is 46.9 Å². The molecule has 0 aliphatic heterocycles. The van der Waals surface area contributed by atoms with Crippen LogP contribution in [0.25, 0.3) is 16.5 Å². The van der Waals surface area contributed by atoms with E-state index in [-0.39, 0.29) is 0 Å². The van der Waals surface area contributed by atoms with Crippen LogP contribution < -0.4 is 5.32 Å². The minimum atomic E-state index is 1.02. The molecule has 0 saturated heterocycles. The van der Waals surface area contributed by atoms with Crippen LogP contribution >= 0.6 is 0 Å². The van der Waals surface area contributed by atoms with E-state index in [9.17, 15) is 0 Å². The summed E-state index contributed by atoms with van der Waals surface area (Å²) in [5.74, 6) is 0. The van der Waals surface area contributed by atoms with Crippen molar-refractivity contribution in [2.24, 2.45) is 0 Å². The van der Waals surface area contributed by atoms with Crippen LogP contribution in [0, 0.1) is 0 Å². The SMILES string of the molecule is c1cc(Nc2cccc3cnccc23)cc(-n2cccn2)c1.